The Morgan fingerprint density at radius 1 is 0.608 bits per heavy atom. The van der Waals surface area contributed by atoms with Crippen molar-refractivity contribution >= 4 is 58.0 Å². The van der Waals surface area contributed by atoms with Gasteiger partial charge >= 0.3 is 37.7 Å². The molecule has 4 rings (SSSR count). The van der Waals surface area contributed by atoms with E-state index in [9.17, 15) is 31.6 Å². The molecule has 0 radical (unpaired) electrons. The Hall–Kier alpha value is -2.84. The van der Waals surface area contributed by atoms with E-state index in [0.717, 1.165) is 49.7 Å². The van der Waals surface area contributed by atoms with Gasteiger partial charge in [-0.1, -0.05) is 89.5 Å². The number of hydrogen-bond acceptors (Lipinski definition) is 9. The third-order valence-electron chi connectivity index (χ3n) is 7.83. The number of phenols is 1. The molecule has 0 saturated carbocycles. The van der Waals surface area contributed by atoms with E-state index in [1.54, 1.807) is 36.4 Å². The number of hydrogen-bond donors (Lipinski definition) is 2. The molecule has 0 aliphatic heterocycles. The molecule has 272 valence electrons. The molecule has 0 aliphatic rings. The number of ether oxygens (including phenoxy) is 2. The number of unbranched alkanes of at least 4 members (excludes halogenated alkanes) is 8. The van der Waals surface area contributed by atoms with Gasteiger partial charge in [0.15, 0.2) is 0 Å². The quantitative estimate of drug-likeness (QED) is 0.0568. The Labute approximate surface area is 332 Å². The summed E-state index contributed by atoms with van der Waals surface area (Å²) in [5, 5.41) is 21.4. The van der Waals surface area contributed by atoms with Crippen LogP contribution >= 0.6 is 0 Å². The molecular weight excluding hydrogens is 721 g/mol. The van der Waals surface area contributed by atoms with E-state index in [1.165, 1.54) is 80.6 Å². The largest absolute Gasteiger partial charge is 2.00 e. The zero-order valence-electron chi connectivity index (χ0n) is 29.3. The fourth-order valence-electron chi connectivity index (χ4n) is 5.19. The maximum absolute atomic E-state index is 11.6. The van der Waals surface area contributed by atoms with Crippen molar-refractivity contribution in [2.45, 2.75) is 101 Å². The van der Waals surface area contributed by atoms with Crippen LogP contribution in [0, 0.1) is 0 Å². The van der Waals surface area contributed by atoms with E-state index in [2.05, 4.69) is 13.8 Å². The van der Waals surface area contributed by atoms with E-state index >= 15 is 0 Å². The average Bonchev–Trinajstić information content (AvgIpc) is 3.07. The van der Waals surface area contributed by atoms with Crippen molar-refractivity contribution in [2.24, 2.45) is 0 Å². The molecule has 2 N–H and O–H groups in total. The predicted molar refractivity (Wildman–Crippen MR) is 195 cm³/mol. The first kappa shape index (κ1) is 44.3. The Morgan fingerprint density at radius 3 is 1.59 bits per heavy atom. The first-order chi connectivity index (χ1) is 23.8. The van der Waals surface area contributed by atoms with Crippen LogP contribution in [0.25, 0.3) is 0 Å². The second kappa shape index (κ2) is 22.3. The van der Waals surface area contributed by atoms with E-state index < -0.39 is 20.2 Å². The molecule has 4 aromatic carbocycles. The van der Waals surface area contributed by atoms with Gasteiger partial charge in [0.05, 0.1) is 9.79 Å². The van der Waals surface area contributed by atoms with Gasteiger partial charge in [0.2, 0.25) is 0 Å². The summed E-state index contributed by atoms with van der Waals surface area (Å²) in [6, 6.07) is 20.5. The van der Waals surface area contributed by atoms with Crippen LogP contribution in [0.5, 0.6) is 34.5 Å². The summed E-state index contributed by atoms with van der Waals surface area (Å²) in [7, 11) is -8.82. The summed E-state index contributed by atoms with van der Waals surface area (Å²) < 4.78 is 76.5. The maximum Gasteiger partial charge on any atom is 2.00 e. The number of rotatable bonds is 18. The Morgan fingerprint density at radius 2 is 1.08 bits per heavy atom. The molecule has 0 unspecified atom stereocenters. The first-order valence-corrected chi connectivity index (χ1v) is 19.8. The van der Waals surface area contributed by atoms with Crippen LogP contribution in [-0.2, 0) is 33.1 Å². The van der Waals surface area contributed by atoms with Crippen LogP contribution in [0.15, 0.2) is 94.7 Å². The topological polar surface area (TPSA) is 173 Å². The fraction of sp³-hybridized carbons (Fsp3) is 0.368. The number of benzene rings is 4. The molecule has 0 aromatic heterocycles. The van der Waals surface area contributed by atoms with Crippen molar-refractivity contribution in [3.05, 3.63) is 96.1 Å². The monoisotopic (exact) mass is 766 g/mol. The molecule has 0 fully saturated rings. The molecule has 0 aliphatic carbocycles. The minimum Gasteiger partial charge on any atom is -0.872 e. The second-order valence-corrected chi connectivity index (χ2v) is 14.8. The summed E-state index contributed by atoms with van der Waals surface area (Å²) in [5.74, 6) is 1.72. The van der Waals surface area contributed by atoms with E-state index in [-0.39, 0.29) is 64.8 Å². The molecule has 10 nitrogen and oxygen atoms in total. The van der Waals surface area contributed by atoms with Gasteiger partial charge in [-0.3, -0.25) is 4.55 Å². The van der Waals surface area contributed by atoms with E-state index in [4.69, 9.17) is 14.0 Å². The number of phenolic OH excluding ortho intramolecular Hbond substituents is 1. The van der Waals surface area contributed by atoms with Gasteiger partial charge in [-0.2, -0.15) is 8.42 Å². The summed E-state index contributed by atoms with van der Waals surface area (Å²) in [6.45, 7) is 4.32. The van der Waals surface area contributed by atoms with Crippen molar-refractivity contribution in [3.8, 4) is 34.5 Å². The molecule has 0 heterocycles. The van der Waals surface area contributed by atoms with Crippen molar-refractivity contribution < 1.29 is 45.6 Å². The Kier molecular flexibility index (Phi) is 19.4. The van der Waals surface area contributed by atoms with Gasteiger partial charge in [0.1, 0.15) is 38.9 Å². The smallest absolute Gasteiger partial charge is 0.872 e. The zero-order valence-corrected chi connectivity index (χ0v) is 33.1. The minimum atomic E-state index is -4.54. The predicted octanol–water partition coefficient (Wildman–Crippen LogP) is 8.53. The molecule has 0 bridgehead atoms. The van der Waals surface area contributed by atoms with E-state index in [1.807, 2.05) is 0 Å². The second-order valence-electron chi connectivity index (χ2n) is 12.0. The molecule has 13 heteroatoms. The van der Waals surface area contributed by atoms with Gasteiger partial charge in [-0.05, 0) is 91.4 Å². The van der Waals surface area contributed by atoms with Crippen molar-refractivity contribution in [3.63, 3.8) is 0 Å². The van der Waals surface area contributed by atoms with Gasteiger partial charge in [-0.25, -0.2) is 8.42 Å². The molecule has 51 heavy (non-hydrogen) atoms. The third kappa shape index (κ3) is 16.2. The van der Waals surface area contributed by atoms with Crippen LogP contribution in [-0.4, -0.2) is 68.8 Å². The molecule has 0 saturated heterocycles. The van der Waals surface area contributed by atoms with Crippen LogP contribution in [0.4, 0.5) is 0 Å². The van der Waals surface area contributed by atoms with Gasteiger partial charge in [-0.15, -0.1) is 5.75 Å². The van der Waals surface area contributed by atoms with Gasteiger partial charge < -0.3 is 24.2 Å². The number of aryl methyl sites for hydroxylation is 2. The van der Waals surface area contributed by atoms with Crippen molar-refractivity contribution in [1.82, 2.24) is 0 Å². The number of aromatic hydroxyl groups is 1. The fourth-order valence-corrected chi connectivity index (χ4v) is 6.22. The molecular formula is C38H46CaO10S2. The van der Waals surface area contributed by atoms with Crippen LogP contribution < -0.4 is 14.6 Å². The van der Waals surface area contributed by atoms with Crippen molar-refractivity contribution in [1.29, 1.82) is 0 Å². The first-order valence-electron chi connectivity index (χ1n) is 16.9. The van der Waals surface area contributed by atoms with Crippen LogP contribution in [0.2, 0.25) is 0 Å². The zero-order chi connectivity index (χ0) is 36.6. The van der Waals surface area contributed by atoms with Gasteiger partial charge in [0, 0.05) is 6.07 Å². The summed E-state index contributed by atoms with van der Waals surface area (Å²) in [4.78, 5) is -0.559. The Bertz CT molecular complexity index is 1740. The van der Waals surface area contributed by atoms with Crippen molar-refractivity contribution in [2.75, 3.05) is 0 Å². The SMILES string of the molecule is CCCCCCCc1cc(O)ccc1Oc1cccc(S(=O)(=O)O)c1.CCCCCCCc1cc([O-])ccc1Oc1cccc(S(=O)(=O)[O-])c1.[Ca+2]. The van der Waals surface area contributed by atoms with Crippen LogP contribution in [0.3, 0.4) is 0 Å². The summed E-state index contributed by atoms with van der Waals surface area (Å²) in [5.41, 5.74) is 1.66. The van der Waals surface area contributed by atoms with E-state index in [0.29, 0.717) is 23.7 Å². The molecule has 0 spiro atoms. The maximum atomic E-state index is 11.6. The summed E-state index contributed by atoms with van der Waals surface area (Å²) >= 11 is 0. The normalized spacial score (nSPS) is 11.2. The third-order valence-corrected chi connectivity index (χ3v) is 9.51. The minimum absolute atomic E-state index is 0. The average molecular weight is 767 g/mol. The Balaban J connectivity index is 0.000000347. The molecule has 0 amide bonds. The summed E-state index contributed by atoms with van der Waals surface area (Å²) in [6.07, 6.45) is 12.7. The van der Waals surface area contributed by atoms with Gasteiger partial charge in [0.25, 0.3) is 10.1 Å². The molecule has 4 aromatic rings. The molecule has 0 atom stereocenters. The standard InChI is InChI=1S/2C19H24O5S.Ca/c2*1-2-3-4-5-6-8-15-13-16(20)11-12-19(15)24-17-9-7-10-18(14-17)25(21,22)23;/h2*7,9-14,20H,2-6,8H2,1H3,(H,21,22,23);/q;;+2/p-2. The van der Waals surface area contributed by atoms with Crippen LogP contribution in [0.1, 0.15) is 89.2 Å².